The number of oxazole rings is 1. The van der Waals surface area contributed by atoms with Crippen LogP contribution in [0, 0.1) is 25.6 Å². The highest BCUT2D eigenvalue weighted by Crippen LogP contribution is 2.37. The molecule has 4 heterocycles. The predicted octanol–water partition coefficient (Wildman–Crippen LogP) is 4.03. The molecule has 2 atom stereocenters. The Hall–Kier alpha value is -4.01. The van der Waals surface area contributed by atoms with Crippen molar-refractivity contribution in [3.63, 3.8) is 0 Å². The number of likely N-dealkylation sites (tertiary alicyclic amines) is 1. The van der Waals surface area contributed by atoms with E-state index in [-0.39, 0.29) is 17.8 Å². The van der Waals surface area contributed by atoms with Crippen molar-refractivity contribution in [2.24, 2.45) is 5.92 Å². The molecule has 0 saturated carbocycles. The second-order valence-corrected chi connectivity index (χ2v) is 9.27. The second kappa shape index (κ2) is 8.33. The number of carbonyl (C=O) groups excluding carboxylic acids is 1. The number of benzene rings is 2. The van der Waals surface area contributed by atoms with Crippen LogP contribution in [0.15, 0.2) is 59.3 Å². The zero-order valence-electron chi connectivity index (χ0n) is 19.6. The molecule has 2 fully saturated rings. The quantitative estimate of drug-likeness (QED) is 0.446. The molecule has 2 aliphatic rings. The summed E-state index contributed by atoms with van der Waals surface area (Å²) >= 11 is 0. The number of hydrogen-bond donors (Lipinski definition) is 0. The van der Waals surface area contributed by atoms with Gasteiger partial charge in [0.15, 0.2) is 0 Å². The summed E-state index contributed by atoms with van der Waals surface area (Å²) in [5, 5.41) is 8.44. The molecule has 178 valence electrons. The van der Waals surface area contributed by atoms with Crippen molar-refractivity contribution in [2.75, 3.05) is 24.5 Å². The van der Waals surface area contributed by atoms with Crippen LogP contribution < -0.4 is 4.90 Å². The highest BCUT2D eigenvalue weighted by Gasteiger charge is 2.46. The summed E-state index contributed by atoms with van der Waals surface area (Å²) in [7, 11) is 0. The van der Waals surface area contributed by atoms with Gasteiger partial charge in [-0.15, -0.1) is 0 Å². The number of nitrogens with zero attached hydrogens (tertiary/aromatic N) is 6. The van der Waals surface area contributed by atoms with Gasteiger partial charge in [-0.05, 0) is 44.5 Å². The van der Waals surface area contributed by atoms with Crippen LogP contribution >= 0.6 is 0 Å². The van der Waals surface area contributed by atoms with Crippen LogP contribution in [-0.4, -0.2) is 56.5 Å². The fraction of sp³-hybridized carbons (Fsp3) is 0.308. The molecule has 6 rings (SSSR count). The summed E-state index contributed by atoms with van der Waals surface area (Å²) in [4.78, 5) is 23.8. The third-order valence-electron chi connectivity index (χ3n) is 6.98. The van der Waals surface area contributed by atoms with Crippen molar-refractivity contribution in [1.82, 2.24) is 24.9 Å². The van der Waals surface area contributed by atoms with Crippen LogP contribution in [0.4, 0.5) is 10.4 Å². The number of piperidine rings is 1. The summed E-state index contributed by atoms with van der Waals surface area (Å²) < 4.78 is 19.7. The van der Waals surface area contributed by atoms with Gasteiger partial charge >= 0.3 is 0 Å². The standard InChI is InChI=1S/C26H25FN6O2/c1-16-6-7-22(33-28-9-10-29-33)21(12-16)25(34)32-14-19-8-11-31(15-23(19)32)26-30-24(17(2)35-26)18-4-3-5-20(27)13-18/h3-7,9-10,12-13,19,23H,8,11,14-15H2,1-2H3/t19-,23-/m0/s1. The molecular formula is C26H25FN6O2. The van der Waals surface area contributed by atoms with E-state index in [0.717, 1.165) is 25.1 Å². The van der Waals surface area contributed by atoms with Crippen LogP contribution in [0.3, 0.4) is 0 Å². The molecule has 8 nitrogen and oxygen atoms in total. The maximum absolute atomic E-state index is 13.7. The van der Waals surface area contributed by atoms with Gasteiger partial charge in [0.2, 0.25) is 0 Å². The zero-order valence-corrected chi connectivity index (χ0v) is 19.6. The van der Waals surface area contributed by atoms with Crippen LogP contribution in [0.2, 0.25) is 0 Å². The van der Waals surface area contributed by atoms with Crippen molar-refractivity contribution in [2.45, 2.75) is 26.3 Å². The number of amides is 1. The molecule has 9 heteroatoms. The summed E-state index contributed by atoms with van der Waals surface area (Å²) in [5.41, 5.74) is 3.60. The van der Waals surface area contributed by atoms with E-state index in [0.29, 0.717) is 46.7 Å². The Bertz CT molecular complexity index is 1400. The Kier molecular flexibility index (Phi) is 5.12. The molecule has 0 spiro atoms. The number of carbonyl (C=O) groups is 1. The van der Waals surface area contributed by atoms with Gasteiger partial charge in [-0.1, -0.05) is 23.8 Å². The van der Waals surface area contributed by atoms with Crippen LogP contribution in [0.25, 0.3) is 16.9 Å². The summed E-state index contributed by atoms with van der Waals surface area (Å²) in [6.07, 6.45) is 4.15. The van der Waals surface area contributed by atoms with Gasteiger partial charge in [0, 0.05) is 31.1 Å². The smallest absolute Gasteiger partial charge is 0.298 e. The van der Waals surface area contributed by atoms with Gasteiger partial charge in [0.25, 0.3) is 11.9 Å². The first-order chi connectivity index (χ1) is 17.0. The monoisotopic (exact) mass is 472 g/mol. The fourth-order valence-electron chi connectivity index (χ4n) is 5.12. The lowest BCUT2D eigenvalue weighted by Gasteiger charge is -2.53. The van der Waals surface area contributed by atoms with Gasteiger partial charge in [-0.2, -0.15) is 20.0 Å². The van der Waals surface area contributed by atoms with Crippen molar-refractivity contribution in [3.05, 3.63) is 77.6 Å². The van der Waals surface area contributed by atoms with Gasteiger partial charge in [-0.25, -0.2) is 4.39 Å². The Morgan fingerprint density at radius 3 is 2.71 bits per heavy atom. The molecule has 0 unspecified atom stereocenters. The van der Waals surface area contributed by atoms with Crippen LogP contribution in [0.1, 0.15) is 28.1 Å². The molecule has 0 bridgehead atoms. The summed E-state index contributed by atoms with van der Waals surface area (Å²) in [5.74, 6) is 0.764. The molecule has 2 aromatic heterocycles. The second-order valence-electron chi connectivity index (χ2n) is 9.27. The fourth-order valence-corrected chi connectivity index (χ4v) is 5.12. The van der Waals surface area contributed by atoms with E-state index >= 15 is 0 Å². The number of fused-ring (bicyclic) bond motifs is 1. The number of halogens is 1. The maximum atomic E-state index is 13.7. The number of hydrogen-bond acceptors (Lipinski definition) is 6. The Morgan fingerprint density at radius 2 is 1.91 bits per heavy atom. The first kappa shape index (κ1) is 21.5. The van der Waals surface area contributed by atoms with Crippen molar-refractivity contribution >= 4 is 11.9 Å². The number of aryl methyl sites for hydroxylation is 2. The maximum Gasteiger partial charge on any atom is 0.298 e. The Morgan fingerprint density at radius 1 is 1.09 bits per heavy atom. The average Bonchev–Trinajstić information content (AvgIpc) is 3.50. The van der Waals surface area contributed by atoms with E-state index in [1.165, 1.54) is 16.9 Å². The lowest BCUT2D eigenvalue weighted by Crippen LogP contribution is -2.65. The number of aromatic nitrogens is 4. The third kappa shape index (κ3) is 3.77. The lowest BCUT2D eigenvalue weighted by atomic mass is 9.81. The predicted molar refractivity (Wildman–Crippen MR) is 128 cm³/mol. The number of anilines is 1. The van der Waals surface area contributed by atoms with Crippen LogP contribution in [-0.2, 0) is 0 Å². The third-order valence-corrected chi connectivity index (χ3v) is 6.98. The summed E-state index contributed by atoms with van der Waals surface area (Å²) in [6, 6.07) is 12.7. The molecule has 1 amide bonds. The van der Waals surface area contributed by atoms with E-state index < -0.39 is 0 Å². The van der Waals surface area contributed by atoms with Crippen molar-refractivity contribution < 1.29 is 13.6 Å². The van der Waals surface area contributed by atoms with Crippen molar-refractivity contribution in [1.29, 1.82) is 0 Å². The minimum absolute atomic E-state index is 0.0202. The first-order valence-electron chi connectivity index (χ1n) is 11.7. The van der Waals surface area contributed by atoms with Crippen LogP contribution in [0.5, 0.6) is 0 Å². The lowest BCUT2D eigenvalue weighted by molar-refractivity contribution is 0.00719. The Balaban J connectivity index is 1.24. The van der Waals surface area contributed by atoms with Gasteiger partial charge in [0.1, 0.15) is 17.3 Å². The number of rotatable bonds is 4. The van der Waals surface area contributed by atoms with E-state index in [1.54, 1.807) is 18.5 Å². The molecule has 4 aromatic rings. The largest absolute Gasteiger partial charge is 0.428 e. The average molecular weight is 473 g/mol. The molecule has 0 N–H and O–H groups in total. The molecule has 0 radical (unpaired) electrons. The van der Waals surface area contributed by atoms with E-state index in [4.69, 9.17) is 4.42 Å². The minimum atomic E-state index is -0.309. The Labute approximate surface area is 202 Å². The van der Waals surface area contributed by atoms with Crippen molar-refractivity contribution in [3.8, 4) is 16.9 Å². The topological polar surface area (TPSA) is 80.3 Å². The molecule has 35 heavy (non-hydrogen) atoms. The molecular weight excluding hydrogens is 447 g/mol. The molecule has 2 aromatic carbocycles. The highest BCUT2D eigenvalue weighted by atomic mass is 19.1. The normalized spacial score (nSPS) is 19.4. The van der Waals surface area contributed by atoms with E-state index in [2.05, 4.69) is 20.1 Å². The van der Waals surface area contributed by atoms with Gasteiger partial charge < -0.3 is 14.2 Å². The van der Waals surface area contributed by atoms with Gasteiger partial charge in [0.05, 0.1) is 29.7 Å². The minimum Gasteiger partial charge on any atom is -0.428 e. The highest BCUT2D eigenvalue weighted by molar-refractivity contribution is 5.98. The van der Waals surface area contributed by atoms with Gasteiger partial charge in [-0.3, -0.25) is 4.79 Å². The summed E-state index contributed by atoms with van der Waals surface area (Å²) in [6.45, 7) is 5.99. The first-order valence-corrected chi connectivity index (χ1v) is 11.7. The molecule has 0 aliphatic carbocycles. The molecule has 2 saturated heterocycles. The molecule has 2 aliphatic heterocycles. The van der Waals surface area contributed by atoms with E-state index in [9.17, 15) is 9.18 Å². The van der Waals surface area contributed by atoms with E-state index in [1.807, 2.05) is 43.0 Å². The zero-order chi connectivity index (χ0) is 24.1. The SMILES string of the molecule is Cc1ccc(-n2nccn2)c(C(=O)N2C[C@@H]3CCN(c4nc(-c5cccc(F)c5)c(C)o4)C[C@@H]32)c1.